The normalized spacial score (nSPS) is 10.7. The van der Waals surface area contributed by atoms with Crippen molar-refractivity contribution in [3.63, 3.8) is 0 Å². The molecular formula is C18H21N3O2. The summed E-state index contributed by atoms with van der Waals surface area (Å²) < 4.78 is 0. The SMILES string of the molecule is O=C(NCCc1ccncc1)N(C=Cc1ccccc1)CCO. The maximum atomic E-state index is 12.2. The van der Waals surface area contributed by atoms with E-state index in [2.05, 4.69) is 10.3 Å². The molecule has 0 saturated carbocycles. The van der Waals surface area contributed by atoms with E-state index in [0.717, 1.165) is 17.5 Å². The first kappa shape index (κ1) is 16.7. The molecule has 0 fully saturated rings. The van der Waals surface area contributed by atoms with Gasteiger partial charge in [-0.2, -0.15) is 0 Å². The van der Waals surface area contributed by atoms with Crippen LogP contribution in [0.1, 0.15) is 11.1 Å². The third kappa shape index (κ3) is 5.92. The summed E-state index contributed by atoms with van der Waals surface area (Å²) in [5, 5.41) is 12.0. The summed E-state index contributed by atoms with van der Waals surface area (Å²) in [4.78, 5) is 17.6. The number of aromatic nitrogens is 1. The molecule has 120 valence electrons. The number of carbonyl (C=O) groups excluding carboxylic acids is 1. The third-order valence-electron chi connectivity index (χ3n) is 3.29. The number of aliphatic hydroxyl groups is 1. The van der Waals surface area contributed by atoms with E-state index in [9.17, 15) is 4.79 Å². The molecular weight excluding hydrogens is 290 g/mol. The molecule has 0 aliphatic rings. The van der Waals surface area contributed by atoms with Gasteiger partial charge >= 0.3 is 6.03 Å². The number of hydrogen-bond acceptors (Lipinski definition) is 3. The molecule has 0 aliphatic heterocycles. The Labute approximate surface area is 136 Å². The molecule has 0 radical (unpaired) electrons. The molecule has 2 rings (SSSR count). The fourth-order valence-electron chi connectivity index (χ4n) is 2.06. The van der Waals surface area contributed by atoms with Crippen molar-refractivity contribution in [1.82, 2.24) is 15.2 Å². The van der Waals surface area contributed by atoms with Crippen molar-refractivity contribution in [1.29, 1.82) is 0 Å². The number of nitrogens with zero attached hydrogens (tertiary/aromatic N) is 2. The van der Waals surface area contributed by atoms with Crippen LogP contribution >= 0.6 is 0 Å². The van der Waals surface area contributed by atoms with Crippen molar-refractivity contribution in [3.8, 4) is 0 Å². The Hall–Kier alpha value is -2.66. The summed E-state index contributed by atoms with van der Waals surface area (Å²) in [5.41, 5.74) is 2.12. The van der Waals surface area contributed by atoms with Crippen molar-refractivity contribution < 1.29 is 9.90 Å². The molecule has 1 aromatic carbocycles. The predicted octanol–water partition coefficient (Wildman–Crippen LogP) is 2.30. The summed E-state index contributed by atoms with van der Waals surface area (Å²) >= 11 is 0. The highest BCUT2D eigenvalue weighted by Crippen LogP contribution is 2.03. The molecule has 1 heterocycles. The van der Waals surface area contributed by atoms with Crippen LogP contribution < -0.4 is 5.32 Å². The second kappa shape index (κ2) is 9.38. The minimum Gasteiger partial charge on any atom is -0.395 e. The second-order valence-corrected chi connectivity index (χ2v) is 4.98. The van der Waals surface area contributed by atoms with Gasteiger partial charge in [0.25, 0.3) is 0 Å². The van der Waals surface area contributed by atoms with E-state index in [-0.39, 0.29) is 19.2 Å². The van der Waals surface area contributed by atoms with Gasteiger partial charge in [-0.3, -0.25) is 9.88 Å². The number of nitrogens with one attached hydrogen (secondary N) is 1. The van der Waals surface area contributed by atoms with Gasteiger partial charge in [0, 0.05) is 25.1 Å². The Balaban J connectivity index is 1.86. The minimum atomic E-state index is -0.222. The average molecular weight is 311 g/mol. The zero-order chi connectivity index (χ0) is 16.3. The van der Waals surface area contributed by atoms with Gasteiger partial charge in [-0.1, -0.05) is 30.3 Å². The Kier molecular flexibility index (Phi) is 6.81. The van der Waals surface area contributed by atoms with Gasteiger partial charge in [-0.25, -0.2) is 4.79 Å². The number of amides is 2. The fraction of sp³-hybridized carbons (Fsp3) is 0.222. The highest BCUT2D eigenvalue weighted by molar-refractivity contribution is 5.76. The van der Waals surface area contributed by atoms with E-state index < -0.39 is 0 Å². The fourth-order valence-corrected chi connectivity index (χ4v) is 2.06. The summed E-state index contributed by atoms with van der Waals surface area (Å²) in [5.74, 6) is 0. The zero-order valence-electron chi connectivity index (χ0n) is 12.9. The number of pyridine rings is 1. The van der Waals surface area contributed by atoms with E-state index in [1.165, 1.54) is 4.90 Å². The largest absolute Gasteiger partial charge is 0.395 e. The third-order valence-corrected chi connectivity index (χ3v) is 3.29. The maximum Gasteiger partial charge on any atom is 0.321 e. The Morgan fingerprint density at radius 2 is 1.91 bits per heavy atom. The molecule has 0 spiro atoms. The van der Waals surface area contributed by atoms with E-state index in [1.807, 2.05) is 48.5 Å². The molecule has 0 aliphatic carbocycles. The summed E-state index contributed by atoms with van der Waals surface area (Å²) in [6.45, 7) is 0.700. The van der Waals surface area contributed by atoms with Gasteiger partial charge < -0.3 is 10.4 Å². The molecule has 1 aromatic heterocycles. The van der Waals surface area contributed by atoms with Gasteiger partial charge in [0.15, 0.2) is 0 Å². The van der Waals surface area contributed by atoms with Crippen LogP contribution in [0.15, 0.2) is 61.1 Å². The molecule has 23 heavy (non-hydrogen) atoms. The van der Waals surface area contributed by atoms with E-state index in [1.54, 1.807) is 18.6 Å². The molecule has 0 bridgehead atoms. The number of benzene rings is 1. The smallest absolute Gasteiger partial charge is 0.321 e. The minimum absolute atomic E-state index is 0.0864. The number of aliphatic hydroxyl groups excluding tert-OH is 1. The summed E-state index contributed by atoms with van der Waals surface area (Å²) in [6, 6.07) is 13.3. The Morgan fingerprint density at radius 3 is 2.61 bits per heavy atom. The van der Waals surface area contributed by atoms with Crippen LogP contribution in [0, 0.1) is 0 Å². The van der Waals surface area contributed by atoms with Crippen molar-refractivity contribution >= 4 is 12.1 Å². The zero-order valence-corrected chi connectivity index (χ0v) is 12.9. The highest BCUT2D eigenvalue weighted by Gasteiger charge is 2.09. The lowest BCUT2D eigenvalue weighted by molar-refractivity contribution is 0.199. The highest BCUT2D eigenvalue weighted by atomic mass is 16.3. The first-order valence-corrected chi connectivity index (χ1v) is 7.57. The van der Waals surface area contributed by atoms with E-state index >= 15 is 0 Å². The number of hydrogen-bond donors (Lipinski definition) is 2. The van der Waals surface area contributed by atoms with Gasteiger partial charge in [-0.05, 0) is 35.8 Å². The Bertz CT molecular complexity index is 615. The van der Waals surface area contributed by atoms with Crippen LogP contribution in [0.2, 0.25) is 0 Å². The molecule has 5 heteroatoms. The van der Waals surface area contributed by atoms with Gasteiger partial charge in [0.1, 0.15) is 0 Å². The van der Waals surface area contributed by atoms with Gasteiger partial charge in [0.05, 0.1) is 13.2 Å². The van der Waals surface area contributed by atoms with Crippen LogP contribution in [0.5, 0.6) is 0 Å². The van der Waals surface area contributed by atoms with Gasteiger partial charge in [0.2, 0.25) is 0 Å². The van der Waals surface area contributed by atoms with Crippen LogP contribution in [0.3, 0.4) is 0 Å². The van der Waals surface area contributed by atoms with Crippen molar-refractivity contribution in [2.24, 2.45) is 0 Å². The van der Waals surface area contributed by atoms with Crippen molar-refractivity contribution in [2.75, 3.05) is 19.7 Å². The lowest BCUT2D eigenvalue weighted by Crippen LogP contribution is -2.38. The molecule has 5 nitrogen and oxygen atoms in total. The topological polar surface area (TPSA) is 65.5 Å². The maximum absolute atomic E-state index is 12.2. The lowest BCUT2D eigenvalue weighted by Gasteiger charge is -2.18. The van der Waals surface area contributed by atoms with Crippen LogP contribution in [0.4, 0.5) is 4.79 Å². The van der Waals surface area contributed by atoms with E-state index in [0.29, 0.717) is 6.54 Å². The lowest BCUT2D eigenvalue weighted by atomic mass is 10.2. The first-order chi connectivity index (χ1) is 11.3. The van der Waals surface area contributed by atoms with Crippen molar-refractivity contribution in [2.45, 2.75) is 6.42 Å². The molecule has 2 aromatic rings. The van der Waals surface area contributed by atoms with Crippen LogP contribution in [0.25, 0.3) is 6.08 Å². The van der Waals surface area contributed by atoms with Crippen LogP contribution in [-0.2, 0) is 6.42 Å². The van der Waals surface area contributed by atoms with Crippen molar-refractivity contribution in [3.05, 3.63) is 72.2 Å². The molecule has 2 amide bonds. The second-order valence-electron chi connectivity index (χ2n) is 4.98. The monoisotopic (exact) mass is 311 g/mol. The molecule has 0 atom stereocenters. The first-order valence-electron chi connectivity index (χ1n) is 7.57. The Morgan fingerprint density at radius 1 is 1.17 bits per heavy atom. The standard InChI is InChI=1S/C18H21N3O2/c22-15-14-21(13-9-16-4-2-1-3-5-16)18(23)20-12-8-17-6-10-19-11-7-17/h1-7,9-11,13,22H,8,12,14-15H2,(H,20,23). The van der Waals surface area contributed by atoms with Crippen LogP contribution in [-0.4, -0.2) is 40.7 Å². The quantitative estimate of drug-likeness (QED) is 0.824. The van der Waals surface area contributed by atoms with Gasteiger partial charge in [-0.15, -0.1) is 0 Å². The number of carbonyl (C=O) groups is 1. The molecule has 2 N–H and O–H groups in total. The number of urea groups is 1. The predicted molar refractivity (Wildman–Crippen MR) is 90.6 cm³/mol. The summed E-state index contributed by atoms with van der Waals surface area (Å²) in [7, 11) is 0. The molecule has 0 unspecified atom stereocenters. The molecule has 0 saturated heterocycles. The average Bonchev–Trinajstić information content (AvgIpc) is 2.60. The van der Waals surface area contributed by atoms with E-state index in [4.69, 9.17) is 5.11 Å². The number of rotatable bonds is 7. The summed E-state index contributed by atoms with van der Waals surface area (Å²) in [6.07, 6.45) is 7.74.